The Morgan fingerprint density at radius 3 is 3.20 bits per heavy atom. The lowest BCUT2D eigenvalue weighted by Crippen LogP contribution is -2.42. The zero-order valence-corrected chi connectivity index (χ0v) is 14.7. The fraction of sp³-hybridized carbons (Fsp3) is 0.500. The van der Waals surface area contributed by atoms with E-state index in [4.69, 9.17) is 4.52 Å². The minimum atomic E-state index is -0.107. The maximum absolute atomic E-state index is 12.9. The number of nitrogens with one attached hydrogen (secondary N) is 1. The summed E-state index contributed by atoms with van der Waals surface area (Å²) in [5.74, 6) is 1.74. The van der Waals surface area contributed by atoms with Crippen molar-refractivity contribution in [1.82, 2.24) is 15.0 Å². The molecule has 0 bridgehead atoms. The van der Waals surface area contributed by atoms with E-state index in [2.05, 4.69) is 26.4 Å². The van der Waals surface area contributed by atoms with Gasteiger partial charge in [-0.15, -0.1) is 0 Å². The molecule has 1 atom stereocenters. The molecule has 2 amide bonds. The van der Waals surface area contributed by atoms with E-state index >= 15 is 0 Å². The van der Waals surface area contributed by atoms with E-state index in [-0.39, 0.29) is 6.03 Å². The molecule has 132 valence electrons. The van der Waals surface area contributed by atoms with Gasteiger partial charge in [-0.1, -0.05) is 18.1 Å². The third-order valence-electron chi connectivity index (χ3n) is 5.08. The Labute approximate surface area is 147 Å². The predicted octanol–water partition coefficient (Wildman–Crippen LogP) is 2.96. The molecular weight excluding hydrogens is 318 g/mol. The lowest BCUT2D eigenvalue weighted by molar-refractivity contribution is 0.207. The van der Waals surface area contributed by atoms with Crippen molar-refractivity contribution in [3.8, 4) is 0 Å². The van der Waals surface area contributed by atoms with Crippen molar-refractivity contribution in [3.05, 3.63) is 35.3 Å². The van der Waals surface area contributed by atoms with Gasteiger partial charge in [0.25, 0.3) is 0 Å². The van der Waals surface area contributed by atoms with Crippen molar-refractivity contribution in [3.63, 3.8) is 0 Å². The van der Waals surface area contributed by atoms with Gasteiger partial charge in [0.1, 0.15) is 17.2 Å². The summed E-state index contributed by atoms with van der Waals surface area (Å²) in [4.78, 5) is 21.7. The quantitative estimate of drug-likeness (QED) is 0.909. The first kappa shape index (κ1) is 15.9. The molecule has 0 saturated carbocycles. The first-order chi connectivity index (χ1) is 12.2. The summed E-state index contributed by atoms with van der Waals surface area (Å²) >= 11 is 0. The number of carbonyl (C=O) groups is 1. The minimum Gasteiger partial charge on any atom is -0.359 e. The first-order valence-electron chi connectivity index (χ1n) is 8.89. The second kappa shape index (κ2) is 6.38. The number of carbonyl (C=O) groups excluding carboxylic acids is 1. The number of anilines is 2. The molecule has 0 aromatic carbocycles. The van der Waals surface area contributed by atoms with Gasteiger partial charge >= 0.3 is 6.03 Å². The Hall–Kier alpha value is -2.57. The van der Waals surface area contributed by atoms with Crippen molar-refractivity contribution in [2.75, 3.05) is 23.3 Å². The van der Waals surface area contributed by atoms with Crippen LogP contribution in [0.3, 0.4) is 0 Å². The molecule has 7 heteroatoms. The van der Waals surface area contributed by atoms with Crippen LogP contribution in [0.2, 0.25) is 0 Å². The average Bonchev–Trinajstić information content (AvgIpc) is 3.18. The zero-order chi connectivity index (χ0) is 17.4. The molecule has 4 heterocycles. The molecule has 7 nitrogen and oxygen atoms in total. The normalized spacial score (nSPS) is 19.4. The van der Waals surface area contributed by atoms with Gasteiger partial charge in [0, 0.05) is 37.3 Å². The highest BCUT2D eigenvalue weighted by Gasteiger charge is 2.34. The van der Waals surface area contributed by atoms with Gasteiger partial charge in [-0.3, -0.25) is 0 Å². The second-order valence-electron chi connectivity index (χ2n) is 6.71. The lowest BCUT2D eigenvalue weighted by atomic mass is 10.2. The van der Waals surface area contributed by atoms with Crippen LogP contribution in [0.25, 0.3) is 0 Å². The highest BCUT2D eigenvalue weighted by Crippen LogP contribution is 2.31. The molecule has 2 aromatic rings. The Morgan fingerprint density at radius 2 is 2.36 bits per heavy atom. The van der Waals surface area contributed by atoms with Gasteiger partial charge in [0.2, 0.25) is 0 Å². The van der Waals surface area contributed by atoms with Crippen LogP contribution in [-0.4, -0.2) is 40.2 Å². The average molecular weight is 341 g/mol. The molecule has 0 spiro atoms. The van der Waals surface area contributed by atoms with Crippen molar-refractivity contribution < 1.29 is 9.32 Å². The molecule has 1 fully saturated rings. The van der Waals surface area contributed by atoms with E-state index in [1.165, 1.54) is 0 Å². The molecule has 2 aromatic heterocycles. The Kier molecular flexibility index (Phi) is 4.07. The number of aromatic nitrogens is 2. The van der Waals surface area contributed by atoms with Crippen molar-refractivity contribution >= 4 is 17.5 Å². The number of urea groups is 1. The van der Waals surface area contributed by atoms with E-state index in [1.54, 1.807) is 0 Å². The summed E-state index contributed by atoms with van der Waals surface area (Å²) in [6, 6.07) is 4.22. The molecule has 2 aliphatic heterocycles. The van der Waals surface area contributed by atoms with Crippen LogP contribution >= 0.6 is 0 Å². The van der Waals surface area contributed by atoms with Crippen LogP contribution in [0.15, 0.2) is 22.9 Å². The molecule has 25 heavy (non-hydrogen) atoms. The maximum Gasteiger partial charge on any atom is 0.322 e. The molecular formula is C18H23N5O2. The number of amides is 2. The van der Waals surface area contributed by atoms with E-state index < -0.39 is 0 Å². The summed E-state index contributed by atoms with van der Waals surface area (Å²) in [5, 5.41) is 6.98. The van der Waals surface area contributed by atoms with E-state index in [0.717, 1.165) is 30.8 Å². The summed E-state index contributed by atoms with van der Waals surface area (Å²) in [7, 11) is 0. The van der Waals surface area contributed by atoms with E-state index in [0.29, 0.717) is 42.7 Å². The van der Waals surface area contributed by atoms with E-state index in [1.807, 2.05) is 31.0 Å². The third-order valence-corrected chi connectivity index (χ3v) is 5.08. The Bertz CT molecular complexity index is 788. The molecule has 1 saturated heterocycles. The number of pyridine rings is 1. The first-order valence-corrected chi connectivity index (χ1v) is 8.89. The summed E-state index contributed by atoms with van der Waals surface area (Å²) < 4.78 is 5.28. The summed E-state index contributed by atoms with van der Waals surface area (Å²) in [5.41, 5.74) is 2.51. The van der Waals surface area contributed by atoms with Crippen molar-refractivity contribution in [2.24, 2.45) is 0 Å². The molecule has 2 aliphatic rings. The van der Waals surface area contributed by atoms with Crippen LogP contribution in [0.4, 0.5) is 16.3 Å². The monoisotopic (exact) mass is 341 g/mol. The number of hydrogen-bond acceptors (Lipinski definition) is 5. The van der Waals surface area contributed by atoms with Crippen LogP contribution in [0, 0.1) is 6.92 Å². The molecule has 0 unspecified atom stereocenters. The highest BCUT2D eigenvalue weighted by atomic mass is 16.5. The van der Waals surface area contributed by atoms with Gasteiger partial charge in [0.15, 0.2) is 5.76 Å². The maximum atomic E-state index is 12.9. The van der Waals surface area contributed by atoms with Gasteiger partial charge in [-0.05, 0) is 25.8 Å². The molecule has 4 rings (SSSR count). The number of aryl methyl sites for hydroxylation is 2. The number of hydrogen-bond donors (Lipinski definition) is 1. The second-order valence-corrected chi connectivity index (χ2v) is 6.71. The van der Waals surface area contributed by atoms with Gasteiger partial charge in [-0.25, -0.2) is 9.78 Å². The van der Waals surface area contributed by atoms with Gasteiger partial charge < -0.3 is 19.6 Å². The molecule has 1 N–H and O–H groups in total. The van der Waals surface area contributed by atoms with Crippen molar-refractivity contribution in [1.29, 1.82) is 0 Å². The van der Waals surface area contributed by atoms with Crippen molar-refractivity contribution in [2.45, 2.75) is 45.7 Å². The number of rotatable bonds is 2. The van der Waals surface area contributed by atoms with Gasteiger partial charge in [0.05, 0.1) is 6.54 Å². The largest absolute Gasteiger partial charge is 0.359 e. The fourth-order valence-corrected chi connectivity index (χ4v) is 3.80. The minimum absolute atomic E-state index is 0.107. The SMILES string of the molecule is CCc1onc(C)c1NC(=O)N1Cc2cccnc2N2CCC[C@@H]2C1. The van der Waals surface area contributed by atoms with Crippen LogP contribution < -0.4 is 10.2 Å². The third kappa shape index (κ3) is 2.83. The molecule has 0 radical (unpaired) electrons. The van der Waals surface area contributed by atoms with Crippen LogP contribution in [-0.2, 0) is 13.0 Å². The smallest absolute Gasteiger partial charge is 0.322 e. The Balaban J connectivity index is 1.60. The summed E-state index contributed by atoms with van der Waals surface area (Å²) in [6.45, 7) is 6.11. The predicted molar refractivity (Wildman–Crippen MR) is 94.7 cm³/mol. The highest BCUT2D eigenvalue weighted by molar-refractivity contribution is 5.90. The van der Waals surface area contributed by atoms with Gasteiger partial charge in [-0.2, -0.15) is 0 Å². The lowest BCUT2D eigenvalue weighted by Gasteiger charge is -2.27. The van der Waals surface area contributed by atoms with Crippen LogP contribution in [0.5, 0.6) is 0 Å². The standard InChI is InChI=1S/C18H23N5O2/c1-3-15-16(12(2)21-25-15)20-18(24)22-10-13-6-4-8-19-17(13)23-9-5-7-14(23)11-22/h4,6,8,14H,3,5,7,9-11H2,1-2H3,(H,20,24)/t14-/m1/s1. The number of nitrogens with zero attached hydrogens (tertiary/aromatic N) is 4. The fourth-order valence-electron chi connectivity index (χ4n) is 3.80. The summed E-state index contributed by atoms with van der Waals surface area (Å²) in [6.07, 6.45) is 4.75. The zero-order valence-electron chi connectivity index (χ0n) is 14.7. The molecule has 0 aliphatic carbocycles. The number of fused-ring (bicyclic) bond motifs is 3. The van der Waals surface area contributed by atoms with E-state index in [9.17, 15) is 4.79 Å². The topological polar surface area (TPSA) is 74.5 Å². The van der Waals surface area contributed by atoms with Crippen LogP contribution in [0.1, 0.15) is 36.8 Å². The Morgan fingerprint density at radius 1 is 1.48 bits per heavy atom.